The second-order valence-electron chi connectivity index (χ2n) is 13.6. The van der Waals surface area contributed by atoms with Crippen molar-refractivity contribution in [3.05, 3.63) is 36.4 Å². The van der Waals surface area contributed by atoms with Crippen LogP contribution in [0.15, 0.2) is 36.4 Å². The molecule has 0 aliphatic carbocycles. The predicted molar refractivity (Wildman–Crippen MR) is 220 cm³/mol. The second kappa shape index (κ2) is 59.6. The lowest BCUT2D eigenvalue weighted by Crippen LogP contribution is -1.77. The first-order valence-electron chi connectivity index (χ1n) is 21.7. The second-order valence-corrected chi connectivity index (χ2v) is 13.6. The zero-order valence-corrected chi connectivity index (χ0v) is 34.1. The Morgan fingerprint density at radius 2 is 0.239 bits per heavy atom. The van der Waals surface area contributed by atoms with Gasteiger partial charge in [0.25, 0.3) is 0 Å². The van der Waals surface area contributed by atoms with Crippen LogP contribution < -0.4 is 0 Å². The number of hydrogen-bond acceptors (Lipinski definition) is 0. The zero-order valence-electron chi connectivity index (χ0n) is 34.1. The van der Waals surface area contributed by atoms with Crippen LogP contribution in [0.2, 0.25) is 0 Å². The summed E-state index contributed by atoms with van der Waals surface area (Å²) in [7, 11) is 0. The molecule has 0 N–H and O–H groups in total. The summed E-state index contributed by atoms with van der Waals surface area (Å²) in [5, 5.41) is 0. The van der Waals surface area contributed by atoms with Crippen molar-refractivity contribution in [2.75, 3.05) is 0 Å². The fraction of sp³-hybridized carbons (Fsp3) is 0.870. The number of rotatable bonds is 28. The molecule has 0 saturated carbocycles. The molecule has 0 heteroatoms. The van der Waals surface area contributed by atoms with Gasteiger partial charge >= 0.3 is 0 Å². The van der Waals surface area contributed by atoms with Crippen LogP contribution in [0.5, 0.6) is 0 Å². The zero-order chi connectivity index (χ0) is 34.9. The van der Waals surface area contributed by atoms with Crippen molar-refractivity contribution >= 4 is 0 Å². The Morgan fingerprint density at radius 3 is 0.326 bits per heavy atom. The van der Waals surface area contributed by atoms with Crippen molar-refractivity contribution < 1.29 is 0 Å². The topological polar surface area (TPSA) is 0 Å². The first-order chi connectivity index (χ1) is 22.7. The molecule has 0 fully saturated rings. The Bertz CT molecular complexity index is 383. The fourth-order valence-electron chi connectivity index (χ4n) is 5.21. The van der Waals surface area contributed by atoms with E-state index in [0.29, 0.717) is 0 Å². The van der Waals surface area contributed by atoms with E-state index >= 15 is 0 Å². The summed E-state index contributed by atoms with van der Waals surface area (Å²) < 4.78 is 0. The smallest absolute Gasteiger partial charge is 0.0533 e. The van der Waals surface area contributed by atoms with E-state index in [1.54, 1.807) is 0 Å². The summed E-state index contributed by atoms with van der Waals surface area (Å²) in [5.74, 6) is 0. The lowest BCUT2D eigenvalue weighted by molar-refractivity contribution is 0.585. The summed E-state index contributed by atoms with van der Waals surface area (Å²) in [4.78, 5) is 0. The number of hydrogen-bond donors (Lipinski definition) is 0. The highest BCUT2D eigenvalue weighted by molar-refractivity contribution is 4.99. The van der Waals surface area contributed by atoms with Gasteiger partial charge in [0.1, 0.15) is 0 Å². The molecule has 0 aliphatic rings. The maximum atomic E-state index is 2.27. The highest BCUT2D eigenvalue weighted by Gasteiger charge is 1.90. The van der Waals surface area contributed by atoms with Crippen LogP contribution in [0.3, 0.4) is 0 Å². The minimum Gasteiger partial charge on any atom is -0.0654 e. The third-order valence-electron chi connectivity index (χ3n) is 8.50. The maximum Gasteiger partial charge on any atom is -0.0533 e. The van der Waals surface area contributed by atoms with Crippen LogP contribution in [0.25, 0.3) is 0 Å². The molecular formula is C46H94. The van der Waals surface area contributed by atoms with Gasteiger partial charge in [-0.3, -0.25) is 0 Å². The Morgan fingerprint density at radius 1 is 0.152 bits per heavy atom. The van der Waals surface area contributed by atoms with Gasteiger partial charge in [-0.1, -0.05) is 297 Å². The SMILES string of the molecule is CCCCCCCCCC.CCCCCCCCCC.CCCCCCCCCC.CCCCCCCCCC.c1ccccc1. The minimum absolute atomic E-state index is 1.37. The average molecular weight is 647 g/mol. The van der Waals surface area contributed by atoms with E-state index in [2.05, 4.69) is 55.4 Å². The van der Waals surface area contributed by atoms with Crippen LogP contribution in [0.4, 0.5) is 0 Å². The molecule has 0 spiro atoms. The molecule has 0 aromatic heterocycles. The van der Waals surface area contributed by atoms with Crippen LogP contribution >= 0.6 is 0 Å². The van der Waals surface area contributed by atoms with Gasteiger partial charge in [-0.2, -0.15) is 0 Å². The van der Waals surface area contributed by atoms with Crippen molar-refractivity contribution in [2.24, 2.45) is 0 Å². The van der Waals surface area contributed by atoms with Crippen LogP contribution in [0, 0.1) is 0 Å². The van der Waals surface area contributed by atoms with Crippen molar-refractivity contribution in [3.8, 4) is 0 Å². The van der Waals surface area contributed by atoms with Crippen LogP contribution in [-0.4, -0.2) is 0 Å². The van der Waals surface area contributed by atoms with Gasteiger partial charge in [0, 0.05) is 0 Å². The Labute approximate surface area is 296 Å². The van der Waals surface area contributed by atoms with Gasteiger partial charge in [0.15, 0.2) is 0 Å². The Kier molecular flexibility index (Phi) is 67.5. The van der Waals surface area contributed by atoms with E-state index in [1.807, 2.05) is 36.4 Å². The molecule has 0 nitrogen and oxygen atoms in total. The van der Waals surface area contributed by atoms with E-state index in [1.165, 1.54) is 205 Å². The number of benzene rings is 1. The molecule has 0 radical (unpaired) electrons. The first kappa shape index (κ1) is 52.0. The van der Waals surface area contributed by atoms with E-state index < -0.39 is 0 Å². The van der Waals surface area contributed by atoms with Crippen molar-refractivity contribution in [1.29, 1.82) is 0 Å². The van der Waals surface area contributed by atoms with E-state index in [-0.39, 0.29) is 0 Å². The van der Waals surface area contributed by atoms with Gasteiger partial charge in [0.2, 0.25) is 0 Å². The Hall–Kier alpha value is -0.780. The van der Waals surface area contributed by atoms with Crippen molar-refractivity contribution in [3.63, 3.8) is 0 Å². The molecule has 0 amide bonds. The summed E-state index contributed by atoms with van der Waals surface area (Å²) in [6.45, 7) is 18.2. The molecule has 1 aromatic carbocycles. The molecule has 278 valence electrons. The quantitative estimate of drug-likeness (QED) is 0.0795. The summed E-state index contributed by atoms with van der Waals surface area (Å²) in [6, 6.07) is 12.0. The van der Waals surface area contributed by atoms with Crippen LogP contribution in [-0.2, 0) is 0 Å². The normalized spacial score (nSPS) is 9.91. The predicted octanol–water partition coefficient (Wildman–Crippen LogP) is 18.3. The lowest BCUT2D eigenvalue weighted by atomic mass is 10.1. The standard InChI is InChI=1S/4C10H22.C6H6/c4*1-3-5-7-9-10-8-6-4-2;1-2-4-6-5-3-1/h4*3-10H2,1-2H3;1-6H. The van der Waals surface area contributed by atoms with E-state index in [0.717, 1.165) is 0 Å². The van der Waals surface area contributed by atoms with E-state index in [4.69, 9.17) is 0 Å². The van der Waals surface area contributed by atoms with Crippen molar-refractivity contribution in [2.45, 2.75) is 261 Å². The average Bonchev–Trinajstić information content (AvgIpc) is 3.09. The van der Waals surface area contributed by atoms with Gasteiger partial charge in [-0.05, 0) is 0 Å². The molecular weight excluding hydrogens is 553 g/mol. The first-order valence-corrected chi connectivity index (χ1v) is 21.7. The van der Waals surface area contributed by atoms with Gasteiger partial charge in [0.05, 0.1) is 0 Å². The molecule has 0 bridgehead atoms. The molecule has 0 aliphatic heterocycles. The molecule has 0 atom stereocenters. The van der Waals surface area contributed by atoms with Crippen LogP contribution in [0.1, 0.15) is 261 Å². The third kappa shape index (κ3) is 69.8. The minimum atomic E-state index is 1.37. The van der Waals surface area contributed by atoms with Crippen molar-refractivity contribution in [1.82, 2.24) is 0 Å². The van der Waals surface area contributed by atoms with Gasteiger partial charge < -0.3 is 0 Å². The maximum absolute atomic E-state index is 2.27. The third-order valence-corrected chi connectivity index (χ3v) is 8.50. The molecule has 46 heavy (non-hydrogen) atoms. The van der Waals surface area contributed by atoms with E-state index in [9.17, 15) is 0 Å². The molecule has 1 rings (SSSR count). The summed E-state index contributed by atoms with van der Waals surface area (Å²) in [5.41, 5.74) is 0. The lowest BCUT2D eigenvalue weighted by Gasteiger charge is -1.97. The van der Waals surface area contributed by atoms with Gasteiger partial charge in [-0.15, -0.1) is 0 Å². The highest BCUT2D eigenvalue weighted by Crippen LogP contribution is 2.10. The highest BCUT2D eigenvalue weighted by atomic mass is 14.0. The molecule has 1 aromatic rings. The summed E-state index contributed by atoms with van der Waals surface area (Å²) >= 11 is 0. The van der Waals surface area contributed by atoms with Gasteiger partial charge in [-0.25, -0.2) is 0 Å². The fourth-order valence-corrected chi connectivity index (χ4v) is 5.21. The number of unbranched alkanes of at least 4 members (excludes halogenated alkanes) is 28. The monoisotopic (exact) mass is 647 g/mol. The summed E-state index contributed by atoms with van der Waals surface area (Å²) in [6.07, 6.45) is 45.8. The molecule has 0 saturated heterocycles. The molecule has 0 unspecified atom stereocenters. The Balaban J connectivity index is -0.000000241. The largest absolute Gasteiger partial charge is 0.0654 e. The molecule has 0 heterocycles.